The van der Waals surface area contributed by atoms with Gasteiger partial charge in [0.25, 0.3) is 0 Å². The molecule has 0 bridgehead atoms. The van der Waals surface area contributed by atoms with Gasteiger partial charge in [0, 0.05) is 12.8 Å². The van der Waals surface area contributed by atoms with Gasteiger partial charge in [-0.1, -0.05) is 20.8 Å². The molecule has 0 saturated heterocycles. The number of carbonyl (C=O) groups excluding carboxylic acids is 1. The van der Waals surface area contributed by atoms with Crippen molar-refractivity contribution in [3.05, 3.63) is 0 Å². The van der Waals surface area contributed by atoms with Crippen LogP contribution in [0, 0.1) is 11.3 Å². The van der Waals surface area contributed by atoms with Crippen LogP contribution in [0.15, 0.2) is 0 Å². The minimum Gasteiger partial charge on any atom is -0.300 e. The van der Waals surface area contributed by atoms with Crippen LogP contribution < -0.4 is 0 Å². The third kappa shape index (κ3) is 1.00. The van der Waals surface area contributed by atoms with Gasteiger partial charge in [-0.3, -0.25) is 4.79 Å². The number of hydrogen-bond donors (Lipinski definition) is 0. The van der Waals surface area contributed by atoms with Gasteiger partial charge in [-0.2, -0.15) is 0 Å². The first-order valence-corrected chi connectivity index (χ1v) is 3.56. The van der Waals surface area contributed by atoms with Crippen LogP contribution in [0.4, 0.5) is 0 Å². The molecule has 0 unspecified atom stereocenters. The Morgan fingerprint density at radius 3 is 2.00 bits per heavy atom. The summed E-state index contributed by atoms with van der Waals surface area (Å²) in [4.78, 5) is 10.6. The zero-order chi connectivity index (χ0) is 7.07. The second-order valence-electron chi connectivity index (χ2n) is 3.70. The molecule has 0 aromatic rings. The molecule has 1 heteroatoms. The van der Waals surface area contributed by atoms with Gasteiger partial charge in [0.2, 0.25) is 0 Å². The molecule has 52 valence electrons. The van der Waals surface area contributed by atoms with Crippen molar-refractivity contribution in [2.75, 3.05) is 0 Å². The number of Topliss-reactive ketones (excluding diaryl/α,β-unsaturated/α-hetero) is 1. The van der Waals surface area contributed by atoms with Crippen LogP contribution in [0.1, 0.15) is 33.6 Å². The average molecular weight is 126 g/mol. The zero-order valence-corrected chi connectivity index (χ0v) is 6.40. The summed E-state index contributed by atoms with van der Waals surface area (Å²) in [7, 11) is 0. The molecule has 0 spiro atoms. The van der Waals surface area contributed by atoms with Gasteiger partial charge in [0.1, 0.15) is 5.78 Å². The van der Waals surface area contributed by atoms with Crippen LogP contribution in [-0.4, -0.2) is 5.78 Å². The second-order valence-corrected chi connectivity index (χ2v) is 3.70. The molecular formula is C8H14O. The molecule has 0 radical (unpaired) electrons. The fraction of sp³-hybridized carbons (Fsp3) is 0.875. The minimum atomic E-state index is 0.344. The van der Waals surface area contributed by atoms with E-state index >= 15 is 0 Å². The average Bonchev–Trinajstić information content (AvgIpc) is 1.62. The lowest BCUT2D eigenvalue weighted by molar-refractivity contribution is -0.134. The first-order valence-electron chi connectivity index (χ1n) is 3.56. The van der Waals surface area contributed by atoms with Gasteiger partial charge in [-0.15, -0.1) is 0 Å². The summed E-state index contributed by atoms with van der Waals surface area (Å²) in [6.45, 7) is 6.57. The highest BCUT2D eigenvalue weighted by molar-refractivity contribution is 5.85. The van der Waals surface area contributed by atoms with Gasteiger partial charge in [-0.25, -0.2) is 0 Å². The zero-order valence-electron chi connectivity index (χ0n) is 6.40. The summed E-state index contributed by atoms with van der Waals surface area (Å²) in [5.74, 6) is 1.10. The highest BCUT2D eigenvalue weighted by atomic mass is 16.1. The molecular weight excluding hydrogens is 112 g/mol. The van der Waals surface area contributed by atoms with E-state index < -0.39 is 0 Å². The van der Waals surface area contributed by atoms with E-state index in [-0.39, 0.29) is 0 Å². The Morgan fingerprint density at radius 1 is 1.44 bits per heavy atom. The lowest BCUT2D eigenvalue weighted by Gasteiger charge is -2.40. The molecule has 1 aliphatic carbocycles. The Hall–Kier alpha value is -0.330. The molecule has 1 saturated carbocycles. The van der Waals surface area contributed by atoms with Crippen LogP contribution in [0.5, 0.6) is 0 Å². The molecule has 1 nitrogen and oxygen atoms in total. The molecule has 9 heavy (non-hydrogen) atoms. The van der Waals surface area contributed by atoms with Crippen molar-refractivity contribution in [1.29, 1.82) is 0 Å². The number of carbonyl (C=O) groups is 1. The monoisotopic (exact) mass is 126 g/mol. The largest absolute Gasteiger partial charge is 0.300 e. The van der Waals surface area contributed by atoms with E-state index in [1.54, 1.807) is 0 Å². The number of rotatable bonds is 1. The fourth-order valence-corrected chi connectivity index (χ4v) is 1.26. The van der Waals surface area contributed by atoms with Crippen LogP contribution >= 0.6 is 0 Å². The number of ketones is 1. The molecule has 0 amide bonds. The third-order valence-corrected chi connectivity index (χ3v) is 2.60. The molecule has 0 heterocycles. The topological polar surface area (TPSA) is 17.1 Å². The van der Waals surface area contributed by atoms with Crippen molar-refractivity contribution in [1.82, 2.24) is 0 Å². The lowest BCUT2D eigenvalue weighted by atomic mass is 9.63. The van der Waals surface area contributed by atoms with E-state index in [1.165, 1.54) is 0 Å². The highest BCUT2D eigenvalue weighted by Crippen LogP contribution is 2.43. The Morgan fingerprint density at radius 2 is 1.89 bits per heavy atom. The summed E-state index contributed by atoms with van der Waals surface area (Å²) >= 11 is 0. The fourth-order valence-electron chi connectivity index (χ4n) is 1.26. The Bertz CT molecular complexity index is 128. The standard InChI is InChI=1S/C8H14O/c1-6(2)8(3)4-7(9)5-8/h6H,4-5H2,1-3H3. The summed E-state index contributed by atoms with van der Waals surface area (Å²) in [5, 5.41) is 0. The van der Waals surface area contributed by atoms with E-state index in [9.17, 15) is 4.79 Å². The SMILES string of the molecule is CC(C)C1(C)CC(=O)C1. The minimum absolute atomic E-state index is 0.344. The van der Waals surface area contributed by atoms with Crippen LogP contribution in [0.2, 0.25) is 0 Å². The highest BCUT2D eigenvalue weighted by Gasteiger charge is 2.41. The van der Waals surface area contributed by atoms with Crippen molar-refractivity contribution in [2.45, 2.75) is 33.6 Å². The Labute approximate surface area is 56.4 Å². The Balaban J connectivity index is 2.49. The van der Waals surface area contributed by atoms with Crippen molar-refractivity contribution in [2.24, 2.45) is 11.3 Å². The maximum atomic E-state index is 10.6. The summed E-state index contributed by atoms with van der Waals surface area (Å²) in [6, 6.07) is 0. The first-order chi connectivity index (χ1) is 4.04. The van der Waals surface area contributed by atoms with E-state index in [0.717, 1.165) is 12.8 Å². The predicted molar refractivity (Wildman–Crippen MR) is 37.2 cm³/mol. The maximum absolute atomic E-state index is 10.6. The van der Waals surface area contributed by atoms with Gasteiger partial charge in [-0.05, 0) is 11.3 Å². The van der Waals surface area contributed by atoms with Crippen molar-refractivity contribution >= 4 is 5.78 Å². The quantitative estimate of drug-likeness (QED) is 0.525. The summed E-state index contributed by atoms with van der Waals surface area (Å²) < 4.78 is 0. The van der Waals surface area contributed by atoms with Crippen molar-refractivity contribution in [3.8, 4) is 0 Å². The van der Waals surface area contributed by atoms with E-state index in [0.29, 0.717) is 17.1 Å². The Kier molecular flexibility index (Phi) is 1.38. The third-order valence-electron chi connectivity index (χ3n) is 2.60. The normalized spacial score (nSPS) is 24.2. The van der Waals surface area contributed by atoms with Gasteiger partial charge in [0.15, 0.2) is 0 Å². The predicted octanol–water partition coefficient (Wildman–Crippen LogP) is 2.01. The maximum Gasteiger partial charge on any atom is 0.134 e. The molecule has 1 aliphatic rings. The molecule has 1 rings (SSSR count). The van der Waals surface area contributed by atoms with Crippen LogP contribution in [0.25, 0.3) is 0 Å². The molecule has 0 aromatic heterocycles. The smallest absolute Gasteiger partial charge is 0.134 e. The molecule has 0 N–H and O–H groups in total. The van der Waals surface area contributed by atoms with E-state index in [1.807, 2.05) is 0 Å². The number of hydrogen-bond acceptors (Lipinski definition) is 1. The van der Waals surface area contributed by atoms with Gasteiger partial charge in [0.05, 0.1) is 0 Å². The second kappa shape index (κ2) is 1.83. The van der Waals surface area contributed by atoms with Crippen molar-refractivity contribution < 1.29 is 4.79 Å². The molecule has 0 aliphatic heterocycles. The van der Waals surface area contributed by atoms with Gasteiger partial charge >= 0.3 is 0 Å². The van der Waals surface area contributed by atoms with E-state index in [4.69, 9.17) is 0 Å². The molecule has 0 atom stereocenters. The molecule has 1 fully saturated rings. The lowest BCUT2D eigenvalue weighted by Crippen LogP contribution is -2.38. The van der Waals surface area contributed by atoms with Crippen LogP contribution in [0.3, 0.4) is 0 Å². The van der Waals surface area contributed by atoms with Crippen LogP contribution in [-0.2, 0) is 4.79 Å². The first kappa shape index (κ1) is 6.79. The van der Waals surface area contributed by atoms with E-state index in [2.05, 4.69) is 20.8 Å². The summed E-state index contributed by atoms with van der Waals surface area (Å²) in [6.07, 6.45) is 1.62. The van der Waals surface area contributed by atoms with Crippen molar-refractivity contribution in [3.63, 3.8) is 0 Å². The van der Waals surface area contributed by atoms with Gasteiger partial charge < -0.3 is 0 Å². The molecule has 0 aromatic carbocycles. The summed E-state index contributed by atoms with van der Waals surface area (Å²) in [5.41, 5.74) is 0.344.